The summed E-state index contributed by atoms with van der Waals surface area (Å²) in [5.41, 5.74) is 10.2. The van der Waals surface area contributed by atoms with Crippen LogP contribution in [-0.2, 0) is 20.9 Å². The number of hydrogen-bond acceptors (Lipinski definition) is 16. The number of amides is 2. The molecule has 6 atom stereocenters. The summed E-state index contributed by atoms with van der Waals surface area (Å²) in [6.07, 6.45) is 4.84. The number of likely N-dealkylation sites (tertiary alicyclic amines) is 1. The molecule has 1 aliphatic carbocycles. The van der Waals surface area contributed by atoms with E-state index in [-0.39, 0.29) is 74.6 Å². The lowest BCUT2D eigenvalue weighted by molar-refractivity contribution is -0.142. The van der Waals surface area contributed by atoms with Crippen LogP contribution in [0.3, 0.4) is 0 Å². The zero-order chi connectivity index (χ0) is 55.1. The van der Waals surface area contributed by atoms with Crippen LogP contribution < -0.4 is 24.8 Å². The molecule has 1 saturated carbocycles. The molecule has 6 heterocycles. The van der Waals surface area contributed by atoms with Gasteiger partial charge >= 0.3 is 6.01 Å². The van der Waals surface area contributed by atoms with Crippen molar-refractivity contribution in [3.63, 3.8) is 0 Å². The highest BCUT2D eigenvalue weighted by Gasteiger charge is 2.43. The number of aryl methyl sites for hydroxylation is 1. The van der Waals surface area contributed by atoms with E-state index in [2.05, 4.69) is 42.2 Å². The van der Waals surface area contributed by atoms with Crippen molar-refractivity contribution in [2.24, 2.45) is 5.92 Å². The second kappa shape index (κ2) is 22.7. The first-order valence-electron chi connectivity index (χ1n) is 26.8. The minimum Gasteiger partial charge on any atom is -0.486 e. The Morgan fingerprint density at radius 2 is 1.76 bits per heavy atom. The number of ether oxygens (including phenoxy) is 4. The molecule has 79 heavy (non-hydrogen) atoms. The van der Waals surface area contributed by atoms with Crippen LogP contribution in [0.1, 0.15) is 92.4 Å². The Labute approximate surface area is 459 Å². The summed E-state index contributed by atoms with van der Waals surface area (Å²) in [5.74, 6) is -0.556. The van der Waals surface area contributed by atoms with Gasteiger partial charge in [0.1, 0.15) is 48.4 Å². The smallest absolute Gasteiger partial charge is 0.320 e. The van der Waals surface area contributed by atoms with E-state index in [0.717, 1.165) is 69.6 Å². The van der Waals surface area contributed by atoms with Gasteiger partial charge in [0, 0.05) is 48.7 Å². The van der Waals surface area contributed by atoms with Gasteiger partial charge < -0.3 is 44.7 Å². The largest absolute Gasteiger partial charge is 0.486 e. The fourth-order valence-electron chi connectivity index (χ4n) is 10.7. The molecule has 21 heteroatoms. The molecule has 4 aromatic heterocycles. The summed E-state index contributed by atoms with van der Waals surface area (Å²) in [5, 5.41) is 45.2. The van der Waals surface area contributed by atoms with Crippen molar-refractivity contribution in [2.45, 2.75) is 109 Å². The molecular weight excluding hydrogens is 1030 g/mol. The van der Waals surface area contributed by atoms with Gasteiger partial charge in [0.25, 0.3) is 0 Å². The number of rotatable bonds is 20. The van der Waals surface area contributed by atoms with Gasteiger partial charge in [-0.3, -0.25) is 14.7 Å². The summed E-state index contributed by atoms with van der Waals surface area (Å²) < 4.78 is 42.9. The highest BCUT2D eigenvalue weighted by molar-refractivity contribution is 7.13. The highest BCUT2D eigenvalue weighted by Crippen LogP contribution is 2.53. The van der Waals surface area contributed by atoms with E-state index in [1.807, 2.05) is 76.2 Å². The van der Waals surface area contributed by atoms with E-state index in [1.165, 1.54) is 27.0 Å². The Morgan fingerprint density at radius 1 is 0.975 bits per heavy atom. The first-order chi connectivity index (χ1) is 38.3. The van der Waals surface area contributed by atoms with E-state index < -0.39 is 30.1 Å². The van der Waals surface area contributed by atoms with Crippen LogP contribution in [0.2, 0.25) is 0 Å². The van der Waals surface area contributed by atoms with Crippen LogP contribution in [0.5, 0.6) is 17.6 Å². The minimum atomic E-state index is -0.984. The molecule has 0 spiro atoms. The molecule has 0 bridgehead atoms. The van der Waals surface area contributed by atoms with Gasteiger partial charge in [0.05, 0.1) is 64.2 Å². The number of nitrogens with zero attached hydrogens (tertiary/aromatic N) is 8. The number of nitrogens with one attached hydrogen (secondary N) is 3. The fourth-order valence-corrected chi connectivity index (χ4v) is 11.5. The van der Waals surface area contributed by atoms with Crippen LogP contribution in [0, 0.1) is 25.6 Å². The second-order valence-electron chi connectivity index (χ2n) is 21.2. The fraction of sp³-hybridized carbons (Fsp3) is 0.414. The predicted molar refractivity (Wildman–Crippen MR) is 295 cm³/mol. The summed E-state index contributed by atoms with van der Waals surface area (Å²) >= 11 is 1.54. The number of halogens is 1. The number of fused-ring (bicyclic) bond motifs is 2. The van der Waals surface area contributed by atoms with Crippen molar-refractivity contribution in [3.8, 4) is 50.5 Å². The lowest BCUT2D eigenvalue weighted by atomic mass is 9.89. The van der Waals surface area contributed by atoms with E-state index >= 15 is 4.39 Å². The molecule has 19 nitrogen and oxygen atoms in total. The first kappa shape index (κ1) is 53.6. The number of aromatic nitrogens is 8. The molecule has 4 aromatic carbocycles. The number of carbonyl (C=O) groups is 2. The molecule has 11 rings (SSSR count). The summed E-state index contributed by atoms with van der Waals surface area (Å²) in [6.45, 7) is 10.7. The number of thiazole rings is 1. The normalized spacial score (nSPS) is 18.6. The first-order valence-corrected chi connectivity index (χ1v) is 27.7. The molecule has 2 aliphatic heterocycles. The van der Waals surface area contributed by atoms with Gasteiger partial charge in [0.15, 0.2) is 5.75 Å². The molecule has 0 unspecified atom stereocenters. The van der Waals surface area contributed by atoms with Crippen LogP contribution in [-0.4, -0.2) is 131 Å². The maximum atomic E-state index is 16.0. The SMILES string of the molecule is CO[C@@H](C)COc1nc(O[C@@H]2CCNC2)c2cc(C3CC3)c(-c3c(C)c(F)cc4[nH]ncc34)c(OCc3ccc(-c4cn([C@H](C(=O)N5C[C@H](O)C[C@H]5C(=O)N[C@@H](CO)c5ccc(-c6scnc6C)cc5)C(C)C)nn4)cc3)c2n1. The number of β-amino-alcohol motifs (C(OH)–C–C–N with tert-alkyl or cyclic N) is 1. The number of hydrogen-bond donors (Lipinski definition) is 5. The van der Waals surface area contributed by atoms with Gasteiger partial charge in [-0.15, -0.1) is 16.4 Å². The van der Waals surface area contributed by atoms with Gasteiger partial charge in [-0.2, -0.15) is 15.1 Å². The van der Waals surface area contributed by atoms with Crippen LogP contribution in [0.4, 0.5) is 4.39 Å². The van der Waals surface area contributed by atoms with Crippen LogP contribution in [0.15, 0.2) is 78.6 Å². The van der Waals surface area contributed by atoms with Crippen molar-refractivity contribution >= 4 is 45.0 Å². The maximum absolute atomic E-state index is 16.0. The third kappa shape index (κ3) is 11.0. The Balaban J connectivity index is 0.864. The van der Waals surface area contributed by atoms with E-state index in [1.54, 1.807) is 31.9 Å². The zero-order valence-corrected chi connectivity index (χ0v) is 45.7. The topological polar surface area (TPSA) is 237 Å². The average molecular weight is 1090 g/mol. The van der Waals surface area contributed by atoms with Crippen molar-refractivity contribution in [1.82, 2.24) is 55.7 Å². The predicted octanol–water partition coefficient (Wildman–Crippen LogP) is 7.93. The third-order valence-electron chi connectivity index (χ3n) is 15.3. The third-order valence-corrected chi connectivity index (χ3v) is 16.2. The second-order valence-corrected chi connectivity index (χ2v) is 22.1. The lowest BCUT2D eigenvalue weighted by Crippen LogP contribution is -2.50. The van der Waals surface area contributed by atoms with Crippen molar-refractivity contribution in [2.75, 3.05) is 40.0 Å². The summed E-state index contributed by atoms with van der Waals surface area (Å²) in [6, 6.07) is 16.3. The Hall–Kier alpha value is -7.43. The summed E-state index contributed by atoms with van der Waals surface area (Å²) in [7, 11) is 1.61. The molecule has 0 radical (unpaired) electrons. The Morgan fingerprint density at radius 3 is 2.46 bits per heavy atom. The van der Waals surface area contributed by atoms with Gasteiger partial charge in [-0.1, -0.05) is 67.6 Å². The average Bonchev–Trinajstić information content (AvgIpc) is 4.25. The minimum absolute atomic E-state index is 0.0379. The van der Waals surface area contributed by atoms with Crippen LogP contribution >= 0.6 is 11.3 Å². The number of H-pyrrole nitrogens is 1. The number of benzene rings is 4. The number of methoxy groups -OCH3 is 1. The van der Waals surface area contributed by atoms with Crippen molar-refractivity contribution in [1.29, 1.82) is 0 Å². The molecule has 8 aromatic rings. The molecule has 5 N–H and O–H groups in total. The molecule has 2 amide bonds. The monoisotopic (exact) mass is 1090 g/mol. The van der Waals surface area contributed by atoms with Gasteiger partial charge in [-0.05, 0) is 98.4 Å². The molecule has 2 saturated heterocycles. The van der Waals surface area contributed by atoms with E-state index in [4.69, 9.17) is 28.9 Å². The maximum Gasteiger partial charge on any atom is 0.320 e. The van der Waals surface area contributed by atoms with E-state index in [0.29, 0.717) is 57.0 Å². The standard InChI is InChI=1S/C58H64FN11O8S/c1-30(2)52(57(74)69-24-39(72)19-48(69)55(73)63-47(26-71)37-13-15-38(16-14-37)54-33(5)61-29-79-54)70-25-46(67-68-70)36-9-7-34(8-10-36)28-76-53-50(49-32(4)44(59)21-45-43(49)23-62-66-45)41(35-11-12-35)20-42-51(53)64-58(77-27-31(3)75-6)65-56(42)78-40-17-18-60-22-40/h7-10,13-16,20-21,23,25,29-31,35,39-40,47-48,52,60,71-72H,11-12,17-19,22,24,26-28H2,1-6H3,(H,62,66)(H,63,73)/t31-,39+,40+,47-,48-,52-/m0/s1. The molecule has 412 valence electrons. The van der Waals surface area contributed by atoms with Crippen molar-refractivity contribution in [3.05, 3.63) is 112 Å². The van der Waals surface area contributed by atoms with Crippen LogP contribution in [0.25, 0.3) is 54.6 Å². The molecule has 3 aliphatic rings. The van der Waals surface area contributed by atoms with E-state index in [9.17, 15) is 19.8 Å². The number of aliphatic hydroxyl groups excluding tert-OH is 2. The zero-order valence-electron chi connectivity index (χ0n) is 44.9. The van der Waals surface area contributed by atoms with Gasteiger partial charge in [-0.25, -0.2) is 14.1 Å². The number of aromatic amines is 1. The molecular formula is C58H64FN11O8S. The van der Waals surface area contributed by atoms with Crippen molar-refractivity contribution < 1.29 is 43.1 Å². The lowest BCUT2D eigenvalue weighted by Gasteiger charge is -2.30. The molecule has 3 fully saturated rings. The Kier molecular flexibility index (Phi) is 15.4. The van der Waals surface area contributed by atoms with Gasteiger partial charge in [0.2, 0.25) is 17.7 Å². The Bertz CT molecular complexity index is 3500. The quantitative estimate of drug-likeness (QED) is 0.0487. The number of carbonyl (C=O) groups excluding carboxylic acids is 2. The highest BCUT2D eigenvalue weighted by atomic mass is 32.1. The number of aliphatic hydroxyl groups is 2. The summed E-state index contributed by atoms with van der Waals surface area (Å²) in [4.78, 5) is 45.2.